The first-order valence-corrected chi connectivity index (χ1v) is 5.02. The Morgan fingerprint density at radius 1 is 1.43 bits per heavy atom. The molecule has 1 unspecified atom stereocenters. The molecule has 0 aromatic carbocycles. The van der Waals surface area contributed by atoms with Crippen molar-refractivity contribution in [2.45, 2.75) is 45.6 Å². The molecule has 0 aliphatic heterocycles. The molecule has 14 heavy (non-hydrogen) atoms. The standard InChI is InChI=1S/C10H19N3O/c1-6-10(3,4)9-13-12-8(14-9)7(2)11-5/h7,11H,6H2,1-5H3. The number of aromatic nitrogens is 2. The summed E-state index contributed by atoms with van der Waals surface area (Å²) in [5.74, 6) is 1.38. The van der Waals surface area contributed by atoms with E-state index in [0.717, 1.165) is 12.3 Å². The molecule has 0 fully saturated rings. The van der Waals surface area contributed by atoms with E-state index >= 15 is 0 Å². The Kier molecular flexibility index (Phi) is 3.26. The second-order valence-corrected chi connectivity index (χ2v) is 4.19. The molecule has 1 atom stereocenters. The fraction of sp³-hybridized carbons (Fsp3) is 0.800. The highest BCUT2D eigenvalue weighted by Crippen LogP contribution is 2.26. The number of hydrogen-bond acceptors (Lipinski definition) is 4. The van der Waals surface area contributed by atoms with Crippen molar-refractivity contribution in [3.8, 4) is 0 Å². The summed E-state index contributed by atoms with van der Waals surface area (Å²) in [6.07, 6.45) is 0.989. The molecule has 0 aliphatic rings. The van der Waals surface area contributed by atoms with E-state index in [4.69, 9.17) is 4.42 Å². The van der Waals surface area contributed by atoms with E-state index in [9.17, 15) is 0 Å². The number of hydrogen-bond donors (Lipinski definition) is 1. The highest BCUT2D eigenvalue weighted by atomic mass is 16.4. The first-order chi connectivity index (χ1) is 6.51. The zero-order valence-corrected chi connectivity index (χ0v) is 9.59. The molecule has 1 heterocycles. The predicted octanol–water partition coefficient (Wildman–Crippen LogP) is 2.04. The Morgan fingerprint density at radius 2 is 2.07 bits per heavy atom. The summed E-state index contributed by atoms with van der Waals surface area (Å²) in [4.78, 5) is 0. The number of rotatable bonds is 4. The van der Waals surface area contributed by atoms with Gasteiger partial charge in [-0.2, -0.15) is 0 Å². The Morgan fingerprint density at radius 3 is 2.57 bits per heavy atom. The van der Waals surface area contributed by atoms with Crippen LogP contribution in [0.1, 0.15) is 51.9 Å². The topological polar surface area (TPSA) is 51.0 Å². The van der Waals surface area contributed by atoms with E-state index in [0.29, 0.717) is 5.89 Å². The number of nitrogens with one attached hydrogen (secondary N) is 1. The van der Waals surface area contributed by atoms with Gasteiger partial charge in [-0.05, 0) is 20.4 Å². The van der Waals surface area contributed by atoms with E-state index in [2.05, 4.69) is 36.3 Å². The van der Waals surface area contributed by atoms with Gasteiger partial charge in [0.2, 0.25) is 11.8 Å². The highest BCUT2D eigenvalue weighted by Gasteiger charge is 2.25. The summed E-state index contributed by atoms with van der Waals surface area (Å²) in [5.41, 5.74) is -0.0291. The van der Waals surface area contributed by atoms with E-state index in [1.54, 1.807) is 0 Å². The minimum atomic E-state index is -0.0291. The van der Waals surface area contributed by atoms with Gasteiger partial charge >= 0.3 is 0 Å². The van der Waals surface area contributed by atoms with Crippen LogP contribution >= 0.6 is 0 Å². The van der Waals surface area contributed by atoms with Gasteiger partial charge in [0.1, 0.15) is 0 Å². The van der Waals surface area contributed by atoms with Gasteiger partial charge in [0.15, 0.2) is 0 Å². The molecule has 0 radical (unpaired) electrons. The summed E-state index contributed by atoms with van der Waals surface area (Å²) in [7, 11) is 1.87. The largest absolute Gasteiger partial charge is 0.423 e. The van der Waals surface area contributed by atoms with Crippen molar-refractivity contribution in [2.75, 3.05) is 7.05 Å². The van der Waals surface area contributed by atoms with Gasteiger partial charge in [0.25, 0.3) is 0 Å². The second-order valence-electron chi connectivity index (χ2n) is 4.19. The molecular formula is C10H19N3O. The predicted molar refractivity (Wildman–Crippen MR) is 55.1 cm³/mol. The van der Waals surface area contributed by atoms with Crippen LogP contribution in [0.2, 0.25) is 0 Å². The van der Waals surface area contributed by atoms with Crippen molar-refractivity contribution in [1.82, 2.24) is 15.5 Å². The van der Waals surface area contributed by atoms with Crippen molar-refractivity contribution >= 4 is 0 Å². The maximum absolute atomic E-state index is 5.61. The average Bonchev–Trinajstić information content (AvgIpc) is 2.66. The van der Waals surface area contributed by atoms with E-state index in [-0.39, 0.29) is 11.5 Å². The first kappa shape index (κ1) is 11.2. The first-order valence-electron chi connectivity index (χ1n) is 5.02. The summed E-state index contributed by atoms with van der Waals surface area (Å²) in [6, 6.07) is 0.115. The van der Waals surface area contributed by atoms with Gasteiger partial charge in [-0.3, -0.25) is 0 Å². The van der Waals surface area contributed by atoms with Crippen LogP contribution in [-0.2, 0) is 5.41 Å². The van der Waals surface area contributed by atoms with E-state index in [1.807, 2.05) is 14.0 Å². The lowest BCUT2D eigenvalue weighted by Gasteiger charge is -2.16. The molecule has 1 aromatic rings. The third-order valence-corrected chi connectivity index (χ3v) is 2.71. The lowest BCUT2D eigenvalue weighted by atomic mass is 9.90. The molecule has 4 nitrogen and oxygen atoms in total. The van der Waals surface area contributed by atoms with Crippen LogP contribution in [0.3, 0.4) is 0 Å². The van der Waals surface area contributed by atoms with Crippen LogP contribution in [0.15, 0.2) is 4.42 Å². The van der Waals surface area contributed by atoms with Crippen LogP contribution in [0.25, 0.3) is 0 Å². The van der Waals surface area contributed by atoms with Crippen LogP contribution in [-0.4, -0.2) is 17.2 Å². The summed E-state index contributed by atoms with van der Waals surface area (Å²) in [5, 5.41) is 11.2. The third-order valence-electron chi connectivity index (χ3n) is 2.71. The fourth-order valence-corrected chi connectivity index (χ4v) is 0.958. The summed E-state index contributed by atoms with van der Waals surface area (Å²) in [6.45, 7) is 8.32. The fourth-order valence-electron chi connectivity index (χ4n) is 0.958. The van der Waals surface area contributed by atoms with Crippen molar-refractivity contribution in [1.29, 1.82) is 0 Å². The van der Waals surface area contributed by atoms with Crippen LogP contribution in [0.5, 0.6) is 0 Å². The van der Waals surface area contributed by atoms with Gasteiger partial charge in [-0.1, -0.05) is 20.8 Å². The van der Waals surface area contributed by atoms with Crippen molar-refractivity contribution in [2.24, 2.45) is 0 Å². The maximum Gasteiger partial charge on any atom is 0.233 e. The third kappa shape index (κ3) is 2.12. The monoisotopic (exact) mass is 197 g/mol. The van der Waals surface area contributed by atoms with Crippen LogP contribution in [0.4, 0.5) is 0 Å². The lowest BCUT2D eigenvalue weighted by molar-refractivity contribution is 0.329. The smallest absolute Gasteiger partial charge is 0.233 e. The quantitative estimate of drug-likeness (QED) is 0.802. The van der Waals surface area contributed by atoms with Gasteiger partial charge in [-0.15, -0.1) is 10.2 Å². The van der Waals surface area contributed by atoms with Crippen molar-refractivity contribution in [3.63, 3.8) is 0 Å². The maximum atomic E-state index is 5.61. The van der Waals surface area contributed by atoms with Crippen LogP contribution in [0, 0.1) is 0 Å². The molecule has 1 rings (SSSR count). The molecule has 0 amide bonds. The van der Waals surface area contributed by atoms with Crippen LogP contribution < -0.4 is 5.32 Å². The van der Waals surface area contributed by atoms with Crippen molar-refractivity contribution < 1.29 is 4.42 Å². The molecular weight excluding hydrogens is 178 g/mol. The normalized spacial score (nSPS) is 14.4. The molecule has 0 spiro atoms. The molecule has 4 heteroatoms. The Balaban J connectivity index is 2.88. The SMILES string of the molecule is CCC(C)(C)c1nnc(C(C)NC)o1. The minimum absolute atomic E-state index is 0.0291. The molecule has 0 bridgehead atoms. The molecule has 0 aliphatic carbocycles. The Bertz CT molecular complexity index is 293. The van der Waals surface area contributed by atoms with Gasteiger partial charge in [0.05, 0.1) is 6.04 Å². The van der Waals surface area contributed by atoms with Crippen molar-refractivity contribution in [3.05, 3.63) is 11.8 Å². The van der Waals surface area contributed by atoms with E-state index < -0.39 is 0 Å². The average molecular weight is 197 g/mol. The zero-order valence-electron chi connectivity index (χ0n) is 9.59. The minimum Gasteiger partial charge on any atom is -0.423 e. The molecule has 1 N–H and O–H groups in total. The summed E-state index contributed by atoms with van der Waals surface area (Å²) < 4.78 is 5.61. The molecule has 0 saturated heterocycles. The Hall–Kier alpha value is -0.900. The Labute approximate surface area is 85.1 Å². The van der Waals surface area contributed by atoms with Gasteiger partial charge in [0, 0.05) is 5.41 Å². The molecule has 1 aromatic heterocycles. The van der Waals surface area contributed by atoms with Gasteiger partial charge < -0.3 is 9.73 Å². The molecule has 0 saturated carbocycles. The second kappa shape index (κ2) is 4.09. The number of nitrogens with zero attached hydrogens (tertiary/aromatic N) is 2. The molecule has 80 valence electrons. The lowest BCUT2D eigenvalue weighted by Crippen LogP contribution is -2.16. The van der Waals surface area contributed by atoms with Gasteiger partial charge in [-0.25, -0.2) is 0 Å². The van der Waals surface area contributed by atoms with E-state index in [1.165, 1.54) is 0 Å². The highest BCUT2D eigenvalue weighted by molar-refractivity contribution is 4.99. The summed E-state index contributed by atoms with van der Waals surface area (Å²) >= 11 is 0. The zero-order chi connectivity index (χ0) is 10.8.